The molecule has 0 aliphatic carbocycles. The van der Waals surface area contributed by atoms with E-state index in [1.807, 2.05) is 0 Å². The van der Waals surface area contributed by atoms with E-state index < -0.39 is 0 Å². The Morgan fingerprint density at radius 2 is 2.04 bits per heavy atom. The predicted octanol–water partition coefficient (Wildman–Crippen LogP) is 3.87. The van der Waals surface area contributed by atoms with Gasteiger partial charge >= 0.3 is 0 Å². The van der Waals surface area contributed by atoms with E-state index in [-0.39, 0.29) is 42.4 Å². The van der Waals surface area contributed by atoms with Crippen LogP contribution in [0, 0.1) is 5.82 Å². The van der Waals surface area contributed by atoms with Crippen LogP contribution < -0.4 is 15.5 Å². The van der Waals surface area contributed by atoms with Gasteiger partial charge in [0.15, 0.2) is 5.96 Å². The third-order valence-electron chi connectivity index (χ3n) is 4.68. The number of nitrogens with one attached hydrogen (secondary N) is 2. The predicted molar refractivity (Wildman–Crippen MR) is 119 cm³/mol. The van der Waals surface area contributed by atoms with Gasteiger partial charge in [0.25, 0.3) is 0 Å². The maximum atomic E-state index is 13.7. The summed E-state index contributed by atoms with van der Waals surface area (Å²) in [6.07, 6.45) is 4.11. The largest absolute Gasteiger partial charge is 0.372 e. The Morgan fingerprint density at radius 1 is 1.26 bits per heavy atom. The molecule has 1 aromatic heterocycles. The normalized spacial score (nSPS) is 15.2. The van der Waals surface area contributed by atoms with Crippen molar-refractivity contribution in [3.8, 4) is 0 Å². The first-order chi connectivity index (χ1) is 12.7. The van der Waals surface area contributed by atoms with E-state index in [1.54, 1.807) is 19.3 Å². The fraction of sp³-hybridized carbons (Fsp3) is 0.400. The van der Waals surface area contributed by atoms with E-state index >= 15 is 0 Å². The second kappa shape index (κ2) is 10.4. The van der Waals surface area contributed by atoms with Crippen LogP contribution >= 0.6 is 24.0 Å². The van der Waals surface area contributed by atoms with Crippen molar-refractivity contribution in [1.29, 1.82) is 0 Å². The molecule has 0 amide bonds. The number of aromatic nitrogens is 1. The molecule has 27 heavy (non-hydrogen) atoms. The molecule has 1 atom stereocenters. The molecular weight excluding hydrogens is 456 g/mol. The standard InChI is InChI=1S/C20H26FN5.HI/c1-15(16-7-5-8-17(13-16)26-11-3-4-12-26)25-20(22-2)24-14-19-18(21)9-6-10-23-19;/h5-10,13,15H,3-4,11-12,14H2,1-2H3,(H2,22,24,25);1H. The maximum absolute atomic E-state index is 13.7. The minimum atomic E-state index is -0.318. The Morgan fingerprint density at radius 3 is 2.74 bits per heavy atom. The minimum absolute atomic E-state index is 0. The summed E-state index contributed by atoms with van der Waals surface area (Å²) in [5.41, 5.74) is 2.84. The van der Waals surface area contributed by atoms with E-state index in [4.69, 9.17) is 0 Å². The first-order valence-corrected chi connectivity index (χ1v) is 9.09. The maximum Gasteiger partial charge on any atom is 0.191 e. The van der Waals surface area contributed by atoms with E-state index in [2.05, 4.69) is 56.7 Å². The molecule has 2 heterocycles. The molecule has 2 N–H and O–H groups in total. The highest BCUT2D eigenvalue weighted by Gasteiger charge is 2.14. The Kier molecular flexibility index (Phi) is 8.27. The van der Waals surface area contributed by atoms with E-state index in [9.17, 15) is 4.39 Å². The van der Waals surface area contributed by atoms with Crippen LogP contribution in [0.15, 0.2) is 47.6 Å². The summed E-state index contributed by atoms with van der Waals surface area (Å²) in [6, 6.07) is 11.7. The van der Waals surface area contributed by atoms with Crippen LogP contribution in [-0.2, 0) is 6.54 Å². The van der Waals surface area contributed by atoms with Crippen LogP contribution in [0.25, 0.3) is 0 Å². The number of hydrogen-bond acceptors (Lipinski definition) is 3. The van der Waals surface area contributed by atoms with Crippen LogP contribution in [0.4, 0.5) is 10.1 Å². The Hall–Kier alpha value is -1.90. The van der Waals surface area contributed by atoms with Gasteiger partial charge in [-0.25, -0.2) is 4.39 Å². The zero-order valence-electron chi connectivity index (χ0n) is 15.8. The fourth-order valence-electron chi connectivity index (χ4n) is 3.17. The summed E-state index contributed by atoms with van der Waals surface area (Å²) in [5.74, 6) is 0.302. The molecule has 1 unspecified atom stereocenters. The third kappa shape index (κ3) is 5.79. The molecule has 0 radical (unpaired) electrons. The molecule has 0 saturated carbocycles. The zero-order valence-corrected chi connectivity index (χ0v) is 18.1. The highest BCUT2D eigenvalue weighted by Crippen LogP contribution is 2.23. The smallest absolute Gasteiger partial charge is 0.191 e. The minimum Gasteiger partial charge on any atom is -0.372 e. The van der Waals surface area contributed by atoms with E-state index in [0.717, 1.165) is 13.1 Å². The topological polar surface area (TPSA) is 52.6 Å². The molecule has 1 saturated heterocycles. The number of aliphatic imine (C=N–C) groups is 1. The van der Waals surface area contributed by atoms with Crippen molar-refractivity contribution in [2.45, 2.75) is 32.4 Å². The van der Waals surface area contributed by atoms with Crippen molar-refractivity contribution in [1.82, 2.24) is 15.6 Å². The summed E-state index contributed by atoms with van der Waals surface area (Å²) >= 11 is 0. The quantitative estimate of drug-likeness (QED) is 0.386. The second-order valence-corrected chi connectivity index (χ2v) is 6.51. The Bertz CT molecular complexity index is 762. The van der Waals surface area contributed by atoms with Crippen LogP contribution in [0.5, 0.6) is 0 Å². The van der Waals surface area contributed by atoms with Crippen LogP contribution in [-0.4, -0.2) is 31.1 Å². The van der Waals surface area contributed by atoms with Crippen LogP contribution in [0.2, 0.25) is 0 Å². The highest BCUT2D eigenvalue weighted by molar-refractivity contribution is 14.0. The highest BCUT2D eigenvalue weighted by atomic mass is 127. The van der Waals surface area contributed by atoms with E-state index in [0.29, 0.717) is 11.7 Å². The second-order valence-electron chi connectivity index (χ2n) is 6.51. The van der Waals surface area contributed by atoms with Gasteiger partial charge in [-0.05, 0) is 49.6 Å². The lowest BCUT2D eigenvalue weighted by Gasteiger charge is -2.22. The van der Waals surface area contributed by atoms with Gasteiger partial charge in [0.2, 0.25) is 0 Å². The Balaban J connectivity index is 0.00000261. The van der Waals surface area contributed by atoms with Gasteiger partial charge in [0, 0.05) is 32.0 Å². The van der Waals surface area contributed by atoms with E-state index in [1.165, 1.54) is 30.2 Å². The van der Waals surface area contributed by atoms with Gasteiger partial charge in [0.05, 0.1) is 18.3 Å². The molecule has 3 rings (SSSR count). The average molecular weight is 483 g/mol. The number of guanidine groups is 1. The molecule has 1 fully saturated rings. The molecule has 2 aromatic rings. The first-order valence-electron chi connectivity index (χ1n) is 9.09. The lowest BCUT2D eigenvalue weighted by atomic mass is 10.1. The fourth-order valence-corrected chi connectivity index (χ4v) is 3.17. The van der Waals surface area contributed by atoms with Crippen molar-refractivity contribution < 1.29 is 4.39 Å². The SMILES string of the molecule is CN=C(NCc1ncccc1F)NC(C)c1cccc(N2CCCC2)c1.I. The van der Waals surface area contributed by atoms with Gasteiger partial charge in [-0.3, -0.25) is 9.98 Å². The lowest BCUT2D eigenvalue weighted by Crippen LogP contribution is -2.38. The van der Waals surface area contributed by atoms with Gasteiger partial charge in [-0.2, -0.15) is 0 Å². The molecule has 1 aliphatic rings. The molecule has 1 aliphatic heterocycles. The van der Waals surface area contributed by atoms with Crippen molar-refractivity contribution in [2.24, 2.45) is 4.99 Å². The number of nitrogens with zero attached hydrogens (tertiary/aromatic N) is 3. The van der Waals surface area contributed by atoms with Gasteiger partial charge in [-0.1, -0.05) is 12.1 Å². The first kappa shape index (κ1) is 21.4. The summed E-state index contributed by atoms with van der Waals surface area (Å²) in [7, 11) is 1.71. The van der Waals surface area contributed by atoms with Crippen molar-refractivity contribution >= 4 is 35.6 Å². The number of hydrogen-bond donors (Lipinski definition) is 2. The Labute approximate surface area is 177 Å². The molecule has 146 valence electrons. The number of rotatable bonds is 5. The summed E-state index contributed by atoms with van der Waals surface area (Å²) in [5, 5.41) is 6.48. The molecule has 1 aromatic carbocycles. The summed E-state index contributed by atoms with van der Waals surface area (Å²) in [6.45, 7) is 4.64. The summed E-state index contributed by atoms with van der Waals surface area (Å²) < 4.78 is 13.7. The van der Waals surface area contributed by atoms with Crippen LogP contribution in [0.3, 0.4) is 0 Å². The molecular formula is C20H27FIN5. The monoisotopic (exact) mass is 483 g/mol. The van der Waals surface area contributed by atoms with Crippen molar-refractivity contribution in [2.75, 3.05) is 25.0 Å². The lowest BCUT2D eigenvalue weighted by molar-refractivity contribution is 0.590. The molecule has 5 nitrogen and oxygen atoms in total. The number of pyridine rings is 1. The van der Waals surface area contributed by atoms with Gasteiger partial charge in [-0.15, -0.1) is 24.0 Å². The van der Waals surface area contributed by atoms with Crippen molar-refractivity contribution in [3.05, 3.63) is 59.7 Å². The zero-order chi connectivity index (χ0) is 18.4. The van der Waals surface area contributed by atoms with Gasteiger partial charge in [0.1, 0.15) is 5.82 Å². The number of benzene rings is 1. The van der Waals surface area contributed by atoms with Crippen LogP contribution in [0.1, 0.15) is 37.1 Å². The average Bonchev–Trinajstić information content (AvgIpc) is 3.21. The number of anilines is 1. The van der Waals surface area contributed by atoms with Crippen molar-refractivity contribution in [3.63, 3.8) is 0 Å². The molecule has 7 heteroatoms. The molecule has 0 spiro atoms. The third-order valence-corrected chi connectivity index (χ3v) is 4.68. The van der Waals surface area contributed by atoms with Gasteiger partial charge < -0.3 is 15.5 Å². The summed E-state index contributed by atoms with van der Waals surface area (Å²) in [4.78, 5) is 10.7. The number of halogens is 2. The molecule has 0 bridgehead atoms.